The molecular formula is C14H19ClN6. The Morgan fingerprint density at radius 1 is 1.05 bits per heavy atom. The van der Waals surface area contributed by atoms with Crippen molar-refractivity contribution in [2.75, 3.05) is 36.2 Å². The van der Waals surface area contributed by atoms with Crippen LogP contribution >= 0.6 is 11.6 Å². The van der Waals surface area contributed by atoms with E-state index in [0.717, 1.165) is 18.7 Å². The maximum Gasteiger partial charge on any atom is 0.233 e. The second-order valence-corrected chi connectivity index (χ2v) is 5.17. The number of nitrogens with zero attached hydrogens (tertiary/aromatic N) is 4. The van der Waals surface area contributed by atoms with Crippen molar-refractivity contribution in [3.05, 3.63) is 29.3 Å². The molecule has 112 valence electrons. The number of hydrogen-bond donors (Lipinski definition) is 2. The van der Waals surface area contributed by atoms with Crippen molar-refractivity contribution < 1.29 is 0 Å². The van der Waals surface area contributed by atoms with E-state index in [-0.39, 0.29) is 0 Å². The molecule has 0 atom stereocenters. The van der Waals surface area contributed by atoms with Crippen molar-refractivity contribution in [3.63, 3.8) is 0 Å². The molecule has 0 aliphatic carbocycles. The lowest BCUT2D eigenvalue weighted by Gasteiger charge is -2.14. The zero-order chi connectivity index (χ0) is 15.2. The zero-order valence-electron chi connectivity index (χ0n) is 12.4. The fourth-order valence-electron chi connectivity index (χ4n) is 1.60. The maximum atomic E-state index is 5.88. The summed E-state index contributed by atoms with van der Waals surface area (Å²) in [5.74, 6) is 1.65. The molecule has 21 heavy (non-hydrogen) atoms. The SMILES string of the molecule is CCCNc1nc(Nc2ccc(Cl)cc2)nc(N(C)C)n1. The summed E-state index contributed by atoms with van der Waals surface area (Å²) in [7, 11) is 3.79. The molecular weight excluding hydrogens is 288 g/mol. The van der Waals surface area contributed by atoms with Crippen LogP contribution in [0.2, 0.25) is 5.02 Å². The van der Waals surface area contributed by atoms with E-state index < -0.39 is 0 Å². The molecule has 0 spiro atoms. The van der Waals surface area contributed by atoms with Crippen molar-refractivity contribution in [1.29, 1.82) is 0 Å². The van der Waals surface area contributed by atoms with Gasteiger partial charge in [-0.2, -0.15) is 15.0 Å². The van der Waals surface area contributed by atoms with Crippen molar-refractivity contribution in [1.82, 2.24) is 15.0 Å². The van der Waals surface area contributed by atoms with Crippen LogP contribution in [0.4, 0.5) is 23.5 Å². The number of nitrogens with one attached hydrogen (secondary N) is 2. The first-order valence-electron chi connectivity index (χ1n) is 6.78. The topological polar surface area (TPSA) is 66.0 Å². The van der Waals surface area contributed by atoms with Gasteiger partial charge in [-0.3, -0.25) is 0 Å². The van der Waals surface area contributed by atoms with Crippen LogP contribution in [0, 0.1) is 0 Å². The second kappa shape index (κ2) is 7.08. The molecule has 2 rings (SSSR count). The molecule has 1 heterocycles. The van der Waals surface area contributed by atoms with E-state index >= 15 is 0 Å². The lowest BCUT2D eigenvalue weighted by molar-refractivity contribution is 0.919. The van der Waals surface area contributed by atoms with Gasteiger partial charge in [-0.25, -0.2) is 0 Å². The molecule has 0 unspecified atom stereocenters. The molecule has 7 heteroatoms. The van der Waals surface area contributed by atoms with Gasteiger partial charge in [0.25, 0.3) is 0 Å². The summed E-state index contributed by atoms with van der Waals surface area (Å²) in [6.07, 6.45) is 1.00. The first-order valence-corrected chi connectivity index (χ1v) is 7.16. The largest absolute Gasteiger partial charge is 0.354 e. The number of aromatic nitrogens is 3. The van der Waals surface area contributed by atoms with E-state index in [1.807, 2.05) is 43.3 Å². The number of hydrogen-bond acceptors (Lipinski definition) is 6. The van der Waals surface area contributed by atoms with E-state index in [1.165, 1.54) is 0 Å². The minimum Gasteiger partial charge on any atom is -0.354 e. The molecule has 0 fully saturated rings. The second-order valence-electron chi connectivity index (χ2n) is 4.74. The summed E-state index contributed by atoms with van der Waals surface area (Å²) in [6, 6.07) is 7.38. The smallest absolute Gasteiger partial charge is 0.233 e. The van der Waals surface area contributed by atoms with Gasteiger partial charge in [-0.05, 0) is 30.7 Å². The van der Waals surface area contributed by atoms with Gasteiger partial charge >= 0.3 is 0 Å². The lowest BCUT2D eigenvalue weighted by atomic mass is 10.3. The minimum atomic E-state index is 0.495. The summed E-state index contributed by atoms with van der Waals surface area (Å²) in [5, 5.41) is 7.02. The highest BCUT2D eigenvalue weighted by Crippen LogP contribution is 2.18. The standard InChI is InChI=1S/C14H19ClN6/c1-4-9-16-12-18-13(20-14(19-12)21(2)3)17-11-7-5-10(15)6-8-11/h5-8H,4,9H2,1-3H3,(H2,16,17,18,19,20). The quantitative estimate of drug-likeness (QED) is 0.854. The van der Waals surface area contributed by atoms with Crippen molar-refractivity contribution in [3.8, 4) is 0 Å². The maximum absolute atomic E-state index is 5.88. The highest BCUT2D eigenvalue weighted by atomic mass is 35.5. The molecule has 1 aromatic heterocycles. The molecule has 2 N–H and O–H groups in total. The molecule has 0 aliphatic heterocycles. The predicted octanol–water partition coefficient (Wildman–Crippen LogP) is 3.16. The van der Waals surface area contributed by atoms with E-state index in [2.05, 4.69) is 32.5 Å². The number of halogens is 1. The van der Waals surface area contributed by atoms with Gasteiger partial charge in [0.2, 0.25) is 17.8 Å². The first kappa shape index (κ1) is 15.3. The average Bonchev–Trinajstić information content (AvgIpc) is 2.47. The summed E-state index contributed by atoms with van der Waals surface area (Å²) in [5.41, 5.74) is 0.872. The third kappa shape index (κ3) is 4.46. The van der Waals surface area contributed by atoms with Crippen LogP contribution < -0.4 is 15.5 Å². The van der Waals surface area contributed by atoms with Gasteiger partial charge < -0.3 is 15.5 Å². The van der Waals surface area contributed by atoms with E-state index in [1.54, 1.807) is 0 Å². The van der Waals surface area contributed by atoms with E-state index in [0.29, 0.717) is 22.9 Å². The Bertz CT molecular complexity index is 585. The fourth-order valence-corrected chi connectivity index (χ4v) is 1.72. The zero-order valence-corrected chi connectivity index (χ0v) is 13.1. The van der Waals surface area contributed by atoms with Gasteiger partial charge in [-0.1, -0.05) is 18.5 Å². The predicted molar refractivity (Wildman–Crippen MR) is 87.7 cm³/mol. The van der Waals surface area contributed by atoms with Crippen LogP contribution in [0.5, 0.6) is 0 Å². The van der Waals surface area contributed by atoms with Crippen LogP contribution in [0.3, 0.4) is 0 Å². The van der Waals surface area contributed by atoms with Crippen LogP contribution in [0.1, 0.15) is 13.3 Å². The Kier molecular flexibility index (Phi) is 5.16. The highest BCUT2D eigenvalue weighted by Gasteiger charge is 2.08. The summed E-state index contributed by atoms with van der Waals surface area (Å²) in [4.78, 5) is 14.9. The Morgan fingerprint density at radius 3 is 2.33 bits per heavy atom. The Labute approximate surface area is 129 Å². The monoisotopic (exact) mass is 306 g/mol. The van der Waals surface area contributed by atoms with Crippen molar-refractivity contribution >= 4 is 35.1 Å². The van der Waals surface area contributed by atoms with E-state index in [4.69, 9.17) is 11.6 Å². The van der Waals surface area contributed by atoms with Crippen molar-refractivity contribution in [2.24, 2.45) is 0 Å². The molecule has 0 bridgehead atoms. The van der Waals surface area contributed by atoms with Crippen LogP contribution in [-0.2, 0) is 0 Å². The lowest BCUT2D eigenvalue weighted by Crippen LogP contribution is -2.16. The molecule has 0 radical (unpaired) electrons. The third-order valence-electron chi connectivity index (χ3n) is 2.66. The van der Waals surface area contributed by atoms with Crippen LogP contribution in [0.25, 0.3) is 0 Å². The molecule has 2 aromatic rings. The summed E-state index contributed by atoms with van der Waals surface area (Å²) >= 11 is 5.88. The summed E-state index contributed by atoms with van der Waals surface area (Å²) in [6.45, 7) is 2.91. The third-order valence-corrected chi connectivity index (χ3v) is 2.91. The molecule has 0 amide bonds. The Balaban J connectivity index is 2.24. The first-order chi connectivity index (χ1) is 10.1. The van der Waals surface area contributed by atoms with E-state index in [9.17, 15) is 0 Å². The fraction of sp³-hybridized carbons (Fsp3) is 0.357. The average molecular weight is 307 g/mol. The van der Waals surface area contributed by atoms with Crippen LogP contribution in [-0.4, -0.2) is 35.6 Å². The molecule has 6 nitrogen and oxygen atoms in total. The van der Waals surface area contributed by atoms with Gasteiger partial charge in [-0.15, -0.1) is 0 Å². The van der Waals surface area contributed by atoms with Gasteiger partial charge in [0.15, 0.2) is 0 Å². The van der Waals surface area contributed by atoms with Gasteiger partial charge in [0.05, 0.1) is 0 Å². The highest BCUT2D eigenvalue weighted by molar-refractivity contribution is 6.30. The Hall–Kier alpha value is -2.08. The normalized spacial score (nSPS) is 10.3. The minimum absolute atomic E-state index is 0.495. The number of anilines is 4. The Morgan fingerprint density at radius 2 is 1.71 bits per heavy atom. The molecule has 0 saturated heterocycles. The van der Waals surface area contributed by atoms with Gasteiger partial charge in [0.1, 0.15) is 0 Å². The molecule has 1 aromatic carbocycles. The molecule has 0 aliphatic rings. The molecule has 0 saturated carbocycles. The summed E-state index contributed by atoms with van der Waals surface area (Å²) < 4.78 is 0. The number of rotatable bonds is 6. The van der Waals surface area contributed by atoms with Crippen LogP contribution in [0.15, 0.2) is 24.3 Å². The van der Waals surface area contributed by atoms with Gasteiger partial charge in [0, 0.05) is 31.4 Å². The number of benzene rings is 1. The van der Waals surface area contributed by atoms with Crippen molar-refractivity contribution in [2.45, 2.75) is 13.3 Å².